The fourth-order valence-corrected chi connectivity index (χ4v) is 2.52. The molecule has 1 aliphatic rings. The Morgan fingerprint density at radius 2 is 2.29 bits per heavy atom. The smallest absolute Gasteiger partial charge is 0.200 e. The molecule has 1 aliphatic heterocycles. The first-order valence-corrected chi connectivity index (χ1v) is 5.99. The largest absolute Gasteiger partial charge is 0.439 e. The normalized spacial score (nSPS) is 24.6. The minimum absolute atomic E-state index is 0.238. The lowest BCUT2D eigenvalue weighted by Crippen LogP contribution is -2.08. The lowest BCUT2D eigenvalue weighted by Gasteiger charge is -2.08. The van der Waals surface area contributed by atoms with Crippen LogP contribution in [0.4, 0.5) is 4.39 Å². The zero-order valence-corrected chi connectivity index (χ0v) is 10.1. The molecule has 0 unspecified atom stereocenters. The molecule has 0 radical (unpaired) electrons. The predicted octanol–water partition coefficient (Wildman–Crippen LogP) is 2.94. The molecule has 0 saturated carbocycles. The molecular weight excluding hydrogens is 243 g/mol. The van der Waals surface area contributed by atoms with Gasteiger partial charge in [-0.25, -0.2) is 9.37 Å². The molecule has 1 N–H and O–H groups in total. The Bertz CT molecular complexity index is 569. The van der Waals surface area contributed by atoms with Crippen LogP contribution in [0, 0.1) is 11.7 Å². The summed E-state index contributed by atoms with van der Waals surface area (Å²) in [6.45, 7) is 3.93. The molecule has 0 bridgehead atoms. The van der Waals surface area contributed by atoms with Gasteiger partial charge in [0.05, 0.1) is 10.9 Å². The molecule has 3 nitrogen and oxygen atoms in total. The average molecular weight is 255 g/mol. The van der Waals surface area contributed by atoms with Crippen LogP contribution < -0.4 is 5.32 Å². The SMILES string of the molecule is C[C@@H]1CNC[C@H]1c1nc2cc(F)cc(Cl)c2o1. The van der Waals surface area contributed by atoms with Gasteiger partial charge >= 0.3 is 0 Å². The summed E-state index contributed by atoms with van der Waals surface area (Å²) in [4.78, 5) is 4.34. The number of aromatic nitrogens is 1. The molecule has 17 heavy (non-hydrogen) atoms. The predicted molar refractivity (Wildman–Crippen MR) is 63.8 cm³/mol. The molecule has 90 valence electrons. The van der Waals surface area contributed by atoms with E-state index in [1.54, 1.807) is 0 Å². The van der Waals surface area contributed by atoms with E-state index < -0.39 is 0 Å². The van der Waals surface area contributed by atoms with Crippen LogP contribution in [0.5, 0.6) is 0 Å². The number of fused-ring (bicyclic) bond motifs is 1. The maximum Gasteiger partial charge on any atom is 0.200 e. The summed E-state index contributed by atoms with van der Waals surface area (Å²) in [5, 5.41) is 3.56. The summed E-state index contributed by atoms with van der Waals surface area (Å²) < 4.78 is 18.8. The number of halogens is 2. The Morgan fingerprint density at radius 1 is 1.47 bits per heavy atom. The van der Waals surface area contributed by atoms with E-state index >= 15 is 0 Å². The van der Waals surface area contributed by atoms with Crippen LogP contribution in [0.3, 0.4) is 0 Å². The third-order valence-corrected chi connectivity index (χ3v) is 3.54. The van der Waals surface area contributed by atoms with E-state index in [1.807, 2.05) is 0 Å². The van der Waals surface area contributed by atoms with Gasteiger partial charge in [0, 0.05) is 12.6 Å². The molecule has 3 rings (SSSR count). The number of nitrogens with zero attached hydrogens (tertiary/aromatic N) is 1. The molecule has 5 heteroatoms. The molecule has 1 saturated heterocycles. The quantitative estimate of drug-likeness (QED) is 0.850. The standard InChI is InChI=1S/C12H12ClFN2O/c1-6-4-15-5-8(6)12-16-10-3-7(14)2-9(13)11(10)17-12/h2-3,6,8,15H,4-5H2,1H3/t6-,8-/m1/s1. The minimum Gasteiger partial charge on any atom is -0.439 e. The van der Waals surface area contributed by atoms with Crippen LogP contribution in [-0.2, 0) is 0 Å². The molecule has 1 aromatic carbocycles. The third kappa shape index (κ3) is 1.81. The van der Waals surface area contributed by atoms with E-state index in [9.17, 15) is 4.39 Å². The molecule has 0 aliphatic carbocycles. The highest BCUT2D eigenvalue weighted by molar-refractivity contribution is 6.34. The van der Waals surface area contributed by atoms with Gasteiger partial charge in [0.25, 0.3) is 0 Å². The van der Waals surface area contributed by atoms with Gasteiger partial charge in [-0.05, 0) is 18.5 Å². The average Bonchev–Trinajstić information content (AvgIpc) is 2.83. The van der Waals surface area contributed by atoms with Crippen molar-refractivity contribution in [3.05, 3.63) is 28.9 Å². The van der Waals surface area contributed by atoms with E-state index in [0.29, 0.717) is 22.9 Å². The highest BCUT2D eigenvalue weighted by atomic mass is 35.5. The fourth-order valence-electron chi connectivity index (χ4n) is 2.28. The van der Waals surface area contributed by atoms with Crippen molar-refractivity contribution in [2.24, 2.45) is 5.92 Å². The van der Waals surface area contributed by atoms with Gasteiger partial charge < -0.3 is 9.73 Å². The summed E-state index contributed by atoms with van der Waals surface area (Å²) in [5.74, 6) is 0.957. The van der Waals surface area contributed by atoms with Gasteiger partial charge in [0.15, 0.2) is 11.5 Å². The second-order valence-corrected chi connectivity index (χ2v) is 4.94. The van der Waals surface area contributed by atoms with Gasteiger partial charge in [-0.3, -0.25) is 0 Å². The van der Waals surface area contributed by atoms with Crippen molar-refractivity contribution in [2.75, 3.05) is 13.1 Å². The van der Waals surface area contributed by atoms with Gasteiger partial charge in [0.2, 0.25) is 0 Å². The number of nitrogens with one attached hydrogen (secondary N) is 1. The van der Waals surface area contributed by atoms with E-state index in [2.05, 4.69) is 17.2 Å². The summed E-state index contributed by atoms with van der Waals surface area (Å²) in [6, 6.07) is 2.59. The summed E-state index contributed by atoms with van der Waals surface area (Å²) >= 11 is 5.93. The Hall–Kier alpha value is -1.13. The maximum absolute atomic E-state index is 13.2. The molecule has 1 aromatic heterocycles. The van der Waals surface area contributed by atoms with Crippen LogP contribution in [0.2, 0.25) is 5.02 Å². The van der Waals surface area contributed by atoms with Crippen molar-refractivity contribution >= 4 is 22.7 Å². The van der Waals surface area contributed by atoms with Crippen molar-refractivity contribution in [1.29, 1.82) is 0 Å². The summed E-state index contributed by atoms with van der Waals surface area (Å²) in [6.07, 6.45) is 0. The van der Waals surface area contributed by atoms with E-state index in [-0.39, 0.29) is 16.8 Å². The van der Waals surface area contributed by atoms with Gasteiger partial charge in [-0.1, -0.05) is 18.5 Å². The highest BCUT2D eigenvalue weighted by Crippen LogP contribution is 2.32. The van der Waals surface area contributed by atoms with E-state index in [0.717, 1.165) is 13.1 Å². The van der Waals surface area contributed by atoms with Crippen molar-refractivity contribution in [2.45, 2.75) is 12.8 Å². The molecule has 0 spiro atoms. The van der Waals surface area contributed by atoms with Crippen LogP contribution in [0.15, 0.2) is 16.5 Å². The summed E-state index contributed by atoms with van der Waals surface area (Å²) in [5.41, 5.74) is 0.964. The molecule has 2 aromatic rings. The van der Waals surface area contributed by atoms with Crippen molar-refractivity contribution in [3.63, 3.8) is 0 Å². The molecule has 2 atom stereocenters. The van der Waals surface area contributed by atoms with Gasteiger partial charge in [-0.15, -0.1) is 0 Å². The highest BCUT2D eigenvalue weighted by Gasteiger charge is 2.29. The lowest BCUT2D eigenvalue weighted by molar-refractivity contribution is 0.435. The Balaban J connectivity index is 2.10. The first-order chi connectivity index (χ1) is 8.15. The Morgan fingerprint density at radius 3 is 3.00 bits per heavy atom. The van der Waals surface area contributed by atoms with Crippen molar-refractivity contribution in [1.82, 2.24) is 10.3 Å². The molecule has 2 heterocycles. The summed E-state index contributed by atoms with van der Waals surface area (Å²) in [7, 11) is 0. The second-order valence-electron chi connectivity index (χ2n) is 4.53. The fraction of sp³-hybridized carbons (Fsp3) is 0.417. The van der Waals surface area contributed by atoms with Crippen LogP contribution in [-0.4, -0.2) is 18.1 Å². The minimum atomic E-state index is -0.389. The number of hydrogen-bond acceptors (Lipinski definition) is 3. The van der Waals surface area contributed by atoms with Crippen molar-refractivity contribution < 1.29 is 8.81 Å². The number of hydrogen-bond donors (Lipinski definition) is 1. The zero-order valence-electron chi connectivity index (χ0n) is 9.34. The maximum atomic E-state index is 13.2. The Kier molecular flexibility index (Phi) is 2.56. The number of rotatable bonds is 1. The first-order valence-electron chi connectivity index (χ1n) is 5.61. The number of benzene rings is 1. The van der Waals surface area contributed by atoms with Crippen molar-refractivity contribution in [3.8, 4) is 0 Å². The zero-order chi connectivity index (χ0) is 12.0. The molecular formula is C12H12ClFN2O. The lowest BCUT2D eigenvalue weighted by atomic mass is 9.98. The third-order valence-electron chi connectivity index (χ3n) is 3.26. The van der Waals surface area contributed by atoms with Gasteiger partial charge in [0.1, 0.15) is 11.3 Å². The Labute approximate surface area is 103 Å². The number of oxazole rings is 1. The molecule has 1 fully saturated rings. The first kappa shape index (κ1) is 11.0. The molecule has 0 amide bonds. The monoisotopic (exact) mass is 254 g/mol. The van der Waals surface area contributed by atoms with E-state index in [1.165, 1.54) is 12.1 Å². The van der Waals surface area contributed by atoms with Gasteiger partial charge in [-0.2, -0.15) is 0 Å². The van der Waals surface area contributed by atoms with Crippen LogP contribution in [0.25, 0.3) is 11.1 Å². The van der Waals surface area contributed by atoms with Crippen LogP contribution >= 0.6 is 11.6 Å². The van der Waals surface area contributed by atoms with E-state index in [4.69, 9.17) is 16.0 Å². The second kappa shape index (κ2) is 3.96. The topological polar surface area (TPSA) is 38.1 Å². The van der Waals surface area contributed by atoms with Crippen LogP contribution in [0.1, 0.15) is 18.7 Å².